The van der Waals surface area contributed by atoms with Gasteiger partial charge in [-0.05, 0) is 24.3 Å². The van der Waals surface area contributed by atoms with Gasteiger partial charge in [-0.1, -0.05) is 38.1 Å². The molecule has 3 nitrogen and oxygen atoms in total. The monoisotopic (exact) mass is 261 g/mol. The molecular formula is C17H15N3. The third kappa shape index (κ3) is 1.46. The molecule has 0 aliphatic rings. The van der Waals surface area contributed by atoms with Gasteiger partial charge in [0, 0.05) is 11.3 Å². The molecule has 0 N–H and O–H groups in total. The smallest absolute Gasteiger partial charge is 0.148 e. The van der Waals surface area contributed by atoms with Crippen molar-refractivity contribution in [2.45, 2.75) is 19.8 Å². The Morgan fingerprint density at radius 3 is 2.35 bits per heavy atom. The number of imidazole rings is 1. The maximum Gasteiger partial charge on any atom is 0.148 e. The Bertz CT molecular complexity index is 935. The van der Waals surface area contributed by atoms with Gasteiger partial charge in [-0.25, -0.2) is 9.97 Å². The van der Waals surface area contributed by atoms with Gasteiger partial charge in [0.05, 0.1) is 16.6 Å². The van der Waals surface area contributed by atoms with Crippen molar-refractivity contribution < 1.29 is 0 Å². The number of fused-ring (bicyclic) bond motifs is 5. The summed E-state index contributed by atoms with van der Waals surface area (Å²) in [5.74, 6) is 1.41. The van der Waals surface area contributed by atoms with E-state index >= 15 is 0 Å². The number of nitrogens with zero attached hydrogens (tertiary/aromatic N) is 3. The van der Waals surface area contributed by atoms with Crippen LogP contribution in [-0.2, 0) is 0 Å². The SMILES string of the molecule is CC(C)c1nc2ccccc2c2nc3ccccc3n12. The molecule has 0 atom stereocenters. The van der Waals surface area contributed by atoms with Crippen molar-refractivity contribution in [1.82, 2.24) is 14.4 Å². The van der Waals surface area contributed by atoms with Crippen LogP contribution < -0.4 is 0 Å². The molecule has 20 heavy (non-hydrogen) atoms. The fourth-order valence-corrected chi connectivity index (χ4v) is 2.76. The van der Waals surface area contributed by atoms with Crippen LogP contribution >= 0.6 is 0 Å². The lowest BCUT2D eigenvalue weighted by Crippen LogP contribution is -2.03. The van der Waals surface area contributed by atoms with Crippen LogP contribution in [0.3, 0.4) is 0 Å². The second-order valence-corrected chi connectivity index (χ2v) is 5.40. The van der Waals surface area contributed by atoms with Crippen molar-refractivity contribution >= 4 is 27.6 Å². The zero-order valence-corrected chi connectivity index (χ0v) is 11.5. The molecule has 0 aliphatic carbocycles. The van der Waals surface area contributed by atoms with E-state index in [-0.39, 0.29) is 0 Å². The first-order valence-corrected chi connectivity index (χ1v) is 6.91. The van der Waals surface area contributed by atoms with Crippen molar-refractivity contribution in [2.24, 2.45) is 0 Å². The van der Waals surface area contributed by atoms with E-state index in [9.17, 15) is 0 Å². The molecule has 0 aliphatic heterocycles. The fraction of sp³-hybridized carbons (Fsp3) is 0.176. The molecule has 4 aromatic rings. The summed E-state index contributed by atoms with van der Waals surface area (Å²) >= 11 is 0. The number of hydrogen-bond acceptors (Lipinski definition) is 2. The standard InChI is InChI=1S/C17H15N3/c1-11(2)16-18-13-8-4-3-7-12(13)17-19-14-9-5-6-10-15(14)20(16)17/h3-11H,1-2H3. The predicted octanol–water partition coefficient (Wildman–Crippen LogP) is 4.16. The predicted molar refractivity (Wildman–Crippen MR) is 82.1 cm³/mol. The molecule has 0 saturated heterocycles. The molecule has 0 fully saturated rings. The Labute approximate surface area is 116 Å². The van der Waals surface area contributed by atoms with Crippen LogP contribution in [0.1, 0.15) is 25.6 Å². The van der Waals surface area contributed by atoms with Crippen LogP contribution in [0.2, 0.25) is 0 Å². The van der Waals surface area contributed by atoms with E-state index < -0.39 is 0 Å². The first-order chi connectivity index (χ1) is 9.75. The number of hydrogen-bond donors (Lipinski definition) is 0. The average molecular weight is 261 g/mol. The molecule has 2 heterocycles. The van der Waals surface area contributed by atoms with E-state index in [0.717, 1.165) is 33.4 Å². The minimum Gasteiger partial charge on any atom is -0.280 e. The third-order valence-corrected chi connectivity index (χ3v) is 3.69. The van der Waals surface area contributed by atoms with Crippen molar-refractivity contribution in [3.8, 4) is 0 Å². The summed E-state index contributed by atoms with van der Waals surface area (Å²) in [6, 6.07) is 16.5. The molecule has 0 radical (unpaired) electrons. The van der Waals surface area contributed by atoms with Gasteiger partial charge >= 0.3 is 0 Å². The number of aromatic nitrogens is 3. The highest BCUT2D eigenvalue weighted by molar-refractivity contribution is 5.96. The molecule has 0 bridgehead atoms. The summed E-state index contributed by atoms with van der Waals surface area (Å²) in [6.45, 7) is 4.34. The van der Waals surface area contributed by atoms with Crippen molar-refractivity contribution in [3.05, 3.63) is 54.4 Å². The Kier molecular flexibility index (Phi) is 2.30. The summed E-state index contributed by atoms with van der Waals surface area (Å²) in [6.07, 6.45) is 0. The van der Waals surface area contributed by atoms with E-state index in [0.29, 0.717) is 5.92 Å². The van der Waals surface area contributed by atoms with Gasteiger partial charge in [-0.15, -0.1) is 0 Å². The molecule has 0 spiro atoms. The average Bonchev–Trinajstić information content (AvgIpc) is 2.86. The van der Waals surface area contributed by atoms with Gasteiger partial charge in [0.2, 0.25) is 0 Å². The second kappa shape index (κ2) is 4.04. The highest BCUT2D eigenvalue weighted by Crippen LogP contribution is 2.27. The summed E-state index contributed by atoms with van der Waals surface area (Å²) in [7, 11) is 0. The Morgan fingerprint density at radius 2 is 1.55 bits per heavy atom. The van der Waals surface area contributed by atoms with E-state index in [4.69, 9.17) is 9.97 Å². The van der Waals surface area contributed by atoms with E-state index in [1.54, 1.807) is 0 Å². The molecular weight excluding hydrogens is 246 g/mol. The minimum absolute atomic E-state index is 0.347. The van der Waals surface area contributed by atoms with Gasteiger partial charge in [-0.2, -0.15) is 0 Å². The molecule has 0 unspecified atom stereocenters. The Hall–Kier alpha value is -2.42. The lowest BCUT2D eigenvalue weighted by atomic mass is 10.1. The molecule has 2 aromatic heterocycles. The first kappa shape index (κ1) is 11.4. The van der Waals surface area contributed by atoms with E-state index in [2.05, 4.69) is 48.6 Å². The number of rotatable bonds is 1. The highest BCUT2D eigenvalue weighted by Gasteiger charge is 2.15. The Morgan fingerprint density at radius 1 is 0.850 bits per heavy atom. The minimum atomic E-state index is 0.347. The lowest BCUT2D eigenvalue weighted by Gasteiger charge is -2.11. The third-order valence-electron chi connectivity index (χ3n) is 3.69. The van der Waals surface area contributed by atoms with Gasteiger partial charge in [-0.3, -0.25) is 4.40 Å². The van der Waals surface area contributed by atoms with E-state index in [1.807, 2.05) is 18.2 Å². The maximum absolute atomic E-state index is 4.85. The van der Waals surface area contributed by atoms with Crippen LogP contribution in [0.5, 0.6) is 0 Å². The zero-order chi connectivity index (χ0) is 13.7. The molecule has 0 amide bonds. The van der Waals surface area contributed by atoms with Crippen LogP contribution in [0.15, 0.2) is 48.5 Å². The summed E-state index contributed by atoms with van der Waals surface area (Å²) in [5.41, 5.74) is 4.16. The Balaban J connectivity index is 2.33. The molecule has 0 saturated carbocycles. The zero-order valence-electron chi connectivity index (χ0n) is 11.5. The van der Waals surface area contributed by atoms with Crippen molar-refractivity contribution in [1.29, 1.82) is 0 Å². The molecule has 4 rings (SSSR count). The maximum atomic E-state index is 4.85. The topological polar surface area (TPSA) is 30.2 Å². The lowest BCUT2D eigenvalue weighted by molar-refractivity contribution is 0.768. The van der Waals surface area contributed by atoms with Crippen LogP contribution in [0.4, 0.5) is 0 Å². The van der Waals surface area contributed by atoms with Crippen molar-refractivity contribution in [3.63, 3.8) is 0 Å². The number of benzene rings is 2. The summed E-state index contributed by atoms with van der Waals surface area (Å²) < 4.78 is 2.20. The van der Waals surface area contributed by atoms with Gasteiger partial charge in [0.15, 0.2) is 0 Å². The van der Waals surface area contributed by atoms with Gasteiger partial charge < -0.3 is 0 Å². The van der Waals surface area contributed by atoms with E-state index in [1.165, 1.54) is 0 Å². The highest BCUT2D eigenvalue weighted by atomic mass is 15.1. The van der Waals surface area contributed by atoms with Crippen LogP contribution in [0, 0.1) is 0 Å². The van der Waals surface area contributed by atoms with Crippen molar-refractivity contribution in [2.75, 3.05) is 0 Å². The van der Waals surface area contributed by atoms with Gasteiger partial charge in [0.25, 0.3) is 0 Å². The largest absolute Gasteiger partial charge is 0.280 e. The summed E-state index contributed by atoms with van der Waals surface area (Å²) in [5, 5.41) is 1.10. The second-order valence-electron chi connectivity index (χ2n) is 5.40. The molecule has 3 heteroatoms. The summed E-state index contributed by atoms with van der Waals surface area (Å²) in [4.78, 5) is 9.66. The molecule has 98 valence electrons. The molecule has 2 aromatic carbocycles. The quantitative estimate of drug-likeness (QED) is 0.515. The normalized spacial score (nSPS) is 11.9. The van der Waals surface area contributed by atoms with Crippen LogP contribution in [-0.4, -0.2) is 14.4 Å². The fourth-order valence-electron chi connectivity index (χ4n) is 2.76. The van der Waals surface area contributed by atoms with Gasteiger partial charge in [0.1, 0.15) is 11.5 Å². The number of para-hydroxylation sites is 3. The van der Waals surface area contributed by atoms with Crippen LogP contribution in [0.25, 0.3) is 27.6 Å². The first-order valence-electron chi connectivity index (χ1n) is 6.91.